The second kappa shape index (κ2) is 9.62. The van der Waals surface area contributed by atoms with Crippen molar-refractivity contribution >= 4 is 33.2 Å². The minimum atomic E-state index is -0.0812. The van der Waals surface area contributed by atoms with E-state index in [1.54, 1.807) is 30.6 Å². The van der Waals surface area contributed by atoms with Crippen LogP contribution in [0, 0.1) is 0 Å². The summed E-state index contributed by atoms with van der Waals surface area (Å²) in [5.41, 5.74) is 1.69. The van der Waals surface area contributed by atoms with Gasteiger partial charge in [-0.25, -0.2) is 0 Å². The number of halogens is 1. The molecule has 0 atom stereocenters. The number of carbonyl (C=O) groups is 1. The van der Waals surface area contributed by atoms with E-state index in [0.717, 1.165) is 39.3 Å². The fourth-order valence-corrected chi connectivity index (χ4v) is 3.68. The lowest BCUT2D eigenvalue weighted by Crippen LogP contribution is -2.24. The summed E-state index contributed by atoms with van der Waals surface area (Å²) in [7, 11) is 1.59. The highest BCUT2D eigenvalue weighted by Crippen LogP contribution is 2.25. The van der Waals surface area contributed by atoms with Crippen molar-refractivity contribution in [3.05, 3.63) is 63.6 Å². The maximum absolute atomic E-state index is 12.1. The second-order valence-corrected chi connectivity index (χ2v) is 7.93. The lowest BCUT2D eigenvalue weighted by Gasteiger charge is -2.06. The normalized spacial score (nSPS) is 10.6. The van der Waals surface area contributed by atoms with Crippen molar-refractivity contribution in [3.8, 4) is 16.3 Å². The van der Waals surface area contributed by atoms with Crippen molar-refractivity contribution in [1.82, 2.24) is 15.5 Å². The number of nitrogens with one attached hydrogen (secondary N) is 1. The van der Waals surface area contributed by atoms with Crippen LogP contribution in [-0.2, 0) is 6.42 Å². The van der Waals surface area contributed by atoms with Crippen LogP contribution < -0.4 is 10.1 Å². The Hall–Kier alpha value is -2.25. The topological polar surface area (TPSA) is 64.1 Å². The summed E-state index contributed by atoms with van der Waals surface area (Å²) in [6.45, 7) is 0.633. The fourth-order valence-electron chi connectivity index (χ4n) is 2.53. The monoisotopic (exact) mass is 445 g/mol. The molecule has 1 N–H and O–H groups in total. The lowest BCUT2D eigenvalue weighted by atomic mass is 10.2. The van der Waals surface area contributed by atoms with Crippen molar-refractivity contribution in [2.24, 2.45) is 0 Å². The molecule has 2 aromatic carbocycles. The molecule has 0 radical (unpaired) electrons. The molecule has 1 heterocycles. The molecule has 140 valence electrons. The van der Waals surface area contributed by atoms with Gasteiger partial charge in [-0.15, -0.1) is 10.2 Å². The number of methoxy groups -OCH3 is 1. The quantitative estimate of drug-likeness (QED) is 0.509. The average Bonchev–Trinajstić information content (AvgIpc) is 3.17. The summed E-state index contributed by atoms with van der Waals surface area (Å²) < 4.78 is 6.19. The van der Waals surface area contributed by atoms with Crippen LogP contribution in [0.3, 0.4) is 0 Å². The van der Waals surface area contributed by atoms with E-state index in [-0.39, 0.29) is 5.91 Å². The van der Waals surface area contributed by atoms with Gasteiger partial charge in [0.1, 0.15) is 15.8 Å². The third-order valence-electron chi connectivity index (χ3n) is 3.99. The van der Waals surface area contributed by atoms with E-state index in [1.165, 1.54) is 0 Å². The predicted octanol–water partition coefficient (Wildman–Crippen LogP) is 4.73. The van der Waals surface area contributed by atoms with Gasteiger partial charge in [-0.1, -0.05) is 45.5 Å². The molecule has 1 aromatic heterocycles. The summed E-state index contributed by atoms with van der Waals surface area (Å²) in [6, 6.07) is 15.2. The Kier molecular flexibility index (Phi) is 6.95. The Bertz CT molecular complexity index is 896. The van der Waals surface area contributed by atoms with Crippen LogP contribution in [0.1, 0.15) is 28.2 Å². The van der Waals surface area contributed by atoms with Gasteiger partial charge in [-0.3, -0.25) is 4.79 Å². The van der Waals surface area contributed by atoms with Crippen molar-refractivity contribution in [3.63, 3.8) is 0 Å². The minimum absolute atomic E-state index is 0.0812. The second-order valence-electron chi connectivity index (χ2n) is 5.95. The molecule has 0 aliphatic heterocycles. The number of amides is 1. The van der Waals surface area contributed by atoms with Crippen LogP contribution in [0.5, 0.6) is 5.75 Å². The molecular formula is C20H20BrN3O2S. The number of aryl methyl sites for hydroxylation is 1. The Morgan fingerprint density at radius 2 is 1.96 bits per heavy atom. The standard InChI is InChI=1S/C20H20BrN3O2S/c1-26-17-6-4-5-15(13-17)19(25)22-12-3-2-7-18-23-24-20(27-18)14-8-10-16(21)11-9-14/h4-6,8-11,13H,2-3,7,12H2,1H3,(H,22,25). The van der Waals surface area contributed by atoms with Gasteiger partial charge in [0.15, 0.2) is 0 Å². The highest BCUT2D eigenvalue weighted by molar-refractivity contribution is 9.10. The van der Waals surface area contributed by atoms with Gasteiger partial charge in [0.05, 0.1) is 7.11 Å². The summed E-state index contributed by atoms with van der Waals surface area (Å²) in [5.74, 6) is 0.600. The third kappa shape index (κ3) is 5.61. The Balaban J connectivity index is 1.41. The number of nitrogens with zero attached hydrogens (tertiary/aromatic N) is 2. The first kappa shape index (κ1) is 19.5. The molecule has 7 heteroatoms. The van der Waals surface area contributed by atoms with Crippen LogP contribution in [0.2, 0.25) is 0 Å². The molecule has 3 rings (SSSR count). The zero-order valence-electron chi connectivity index (χ0n) is 14.9. The van der Waals surface area contributed by atoms with Crippen LogP contribution in [-0.4, -0.2) is 29.8 Å². The molecule has 0 aliphatic rings. The largest absolute Gasteiger partial charge is 0.497 e. The van der Waals surface area contributed by atoms with E-state index < -0.39 is 0 Å². The highest BCUT2D eigenvalue weighted by atomic mass is 79.9. The van der Waals surface area contributed by atoms with Crippen molar-refractivity contribution < 1.29 is 9.53 Å². The molecule has 0 saturated heterocycles. The first-order valence-electron chi connectivity index (χ1n) is 8.66. The molecule has 3 aromatic rings. The van der Waals surface area contributed by atoms with Gasteiger partial charge in [0.25, 0.3) is 5.91 Å². The van der Waals surface area contributed by atoms with Crippen LogP contribution >= 0.6 is 27.3 Å². The number of aromatic nitrogens is 2. The van der Waals surface area contributed by atoms with Crippen LogP contribution in [0.25, 0.3) is 10.6 Å². The Labute approximate surface area is 170 Å². The number of benzene rings is 2. The van der Waals surface area contributed by atoms with Crippen molar-refractivity contribution in [2.45, 2.75) is 19.3 Å². The Morgan fingerprint density at radius 1 is 1.15 bits per heavy atom. The number of unbranched alkanes of at least 4 members (excludes halogenated alkanes) is 1. The van der Waals surface area contributed by atoms with Gasteiger partial charge in [-0.05, 0) is 43.2 Å². The number of rotatable bonds is 8. The first-order valence-corrected chi connectivity index (χ1v) is 10.3. The number of ether oxygens (including phenoxy) is 1. The van der Waals surface area contributed by atoms with E-state index in [9.17, 15) is 4.79 Å². The SMILES string of the molecule is COc1cccc(C(=O)NCCCCc2nnc(-c3ccc(Br)cc3)s2)c1. The Morgan fingerprint density at radius 3 is 2.74 bits per heavy atom. The third-order valence-corrected chi connectivity index (χ3v) is 5.55. The van der Waals surface area contributed by atoms with Gasteiger partial charge >= 0.3 is 0 Å². The predicted molar refractivity (Wildman–Crippen MR) is 111 cm³/mol. The fraction of sp³-hybridized carbons (Fsp3) is 0.250. The number of hydrogen-bond donors (Lipinski definition) is 1. The molecule has 0 spiro atoms. The van der Waals surface area contributed by atoms with Crippen molar-refractivity contribution in [2.75, 3.05) is 13.7 Å². The molecule has 0 bridgehead atoms. The average molecular weight is 446 g/mol. The van der Waals surface area contributed by atoms with E-state index in [4.69, 9.17) is 4.74 Å². The summed E-state index contributed by atoms with van der Waals surface area (Å²) in [4.78, 5) is 12.1. The van der Waals surface area contributed by atoms with Gasteiger partial charge in [0, 0.05) is 28.6 Å². The zero-order valence-corrected chi connectivity index (χ0v) is 17.3. The molecular weight excluding hydrogens is 426 g/mol. The van der Waals surface area contributed by atoms with Gasteiger partial charge in [0.2, 0.25) is 0 Å². The van der Waals surface area contributed by atoms with E-state index in [1.807, 2.05) is 36.4 Å². The number of hydrogen-bond acceptors (Lipinski definition) is 5. The molecule has 27 heavy (non-hydrogen) atoms. The van der Waals surface area contributed by atoms with Crippen LogP contribution in [0.15, 0.2) is 53.0 Å². The lowest BCUT2D eigenvalue weighted by molar-refractivity contribution is 0.0952. The van der Waals surface area contributed by atoms with E-state index in [0.29, 0.717) is 17.9 Å². The van der Waals surface area contributed by atoms with Gasteiger partial charge in [-0.2, -0.15) is 0 Å². The molecule has 0 aliphatic carbocycles. The molecule has 0 saturated carbocycles. The van der Waals surface area contributed by atoms with E-state index >= 15 is 0 Å². The maximum atomic E-state index is 12.1. The summed E-state index contributed by atoms with van der Waals surface area (Å²) in [6.07, 6.45) is 2.71. The van der Waals surface area contributed by atoms with E-state index in [2.05, 4.69) is 31.4 Å². The summed E-state index contributed by atoms with van der Waals surface area (Å²) in [5, 5.41) is 13.4. The first-order chi connectivity index (χ1) is 13.2. The highest BCUT2D eigenvalue weighted by Gasteiger charge is 2.08. The van der Waals surface area contributed by atoms with Crippen LogP contribution in [0.4, 0.5) is 0 Å². The summed E-state index contributed by atoms with van der Waals surface area (Å²) >= 11 is 5.05. The molecule has 5 nitrogen and oxygen atoms in total. The minimum Gasteiger partial charge on any atom is -0.497 e. The zero-order chi connectivity index (χ0) is 19.1. The molecule has 0 fully saturated rings. The maximum Gasteiger partial charge on any atom is 0.251 e. The number of carbonyl (C=O) groups excluding carboxylic acids is 1. The smallest absolute Gasteiger partial charge is 0.251 e. The van der Waals surface area contributed by atoms with Crippen molar-refractivity contribution in [1.29, 1.82) is 0 Å². The molecule has 0 unspecified atom stereocenters. The van der Waals surface area contributed by atoms with Gasteiger partial charge < -0.3 is 10.1 Å². The molecule has 1 amide bonds.